The Morgan fingerprint density at radius 3 is 2.77 bits per heavy atom. The number of benzene rings is 1. The van der Waals surface area contributed by atoms with Crippen LogP contribution in [-0.4, -0.2) is 19.5 Å². The molecule has 13 heavy (non-hydrogen) atoms. The lowest BCUT2D eigenvalue weighted by Crippen LogP contribution is -2.31. The summed E-state index contributed by atoms with van der Waals surface area (Å²) in [4.78, 5) is 11.0. The van der Waals surface area contributed by atoms with E-state index in [-0.39, 0.29) is 5.91 Å². The molecule has 0 aliphatic carbocycles. The quantitative estimate of drug-likeness (QED) is 0.695. The molecule has 0 saturated carbocycles. The zero-order valence-corrected chi connectivity index (χ0v) is 7.63. The standard InChI is InChI=1S/C10H13N2O/c1-11-8-10(13)12-7-9-5-3-2-4-6-9/h3-6,11H,7-8H2,1H3,(H,12,13). The van der Waals surface area contributed by atoms with Gasteiger partial charge in [0.15, 0.2) is 0 Å². The van der Waals surface area contributed by atoms with E-state index in [2.05, 4.69) is 16.7 Å². The molecule has 0 heterocycles. The van der Waals surface area contributed by atoms with E-state index in [4.69, 9.17) is 0 Å². The molecule has 1 amide bonds. The molecule has 0 aliphatic heterocycles. The van der Waals surface area contributed by atoms with Crippen molar-refractivity contribution in [2.45, 2.75) is 6.54 Å². The Hall–Kier alpha value is -1.35. The lowest BCUT2D eigenvalue weighted by Gasteiger charge is -2.03. The number of hydrogen-bond acceptors (Lipinski definition) is 2. The topological polar surface area (TPSA) is 41.1 Å². The first kappa shape index (κ1) is 9.74. The van der Waals surface area contributed by atoms with E-state index < -0.39 is 0 Å². The Morgan fingerprint density at radius 2 is 2.15 bits per heavy atom. The second-order valence-corrected chi connectivity index (χ2v) is 2.72. The Bertz CT molecular complexity index is 259. The van der Waals surface area contributed by atoms with Crippen molar-refractivity contribution in [3.63, 3.8) is 0 Å². The summed E-state index contributed by atoms with van der Waals surface area (Å²) in [6.45, 7) is 0.939. The maximum atomic E-state index is 11.0. The van der Waals surface area contributed by atoms with E-state index in [0.29, 0.717) is 13.1 Å². The van der Waals surface area contributed by atoms with Crippen LogP contribution in [0, 0.1) is 6.07 Å². The molecule has 3 heteroatoms. The molecule has 1 aromatic carbocycles. The first-order valence-corrected chi connectivity index (χ1v) is 4.19. The number of amides is 1. The van der Waals surface area contributed by atoms with Crippen molar-refractivity contribution in [3.05, 3.63) is 35.9 Å². The van der Waals surface area contributed by atoms with Crippen LogP contribution in [0.4, 0.5) is 0 Å². The summed E-state index contributed by atoms with van der Waals surface area (Å²) >= 11 is 0. The average Bonchev–Trinajstić information content (AvgIpc) is 2.17. The van der Waals surface area contributed by atoms with Crippen LogP contribution in [0.2, 0.25) is 0 Å². The Morgan fingerprint density at radius 1 is 1.46 bits per heavy atom. The van der Waals surface area contributed by atoms with Gasteiger partial charge in [-0.25, -0.2) is 0 Å². The lowest BCUT2D eigenvalue weighted by molar-refractivity contribution is -0.120. The normalized spacial score (nSPS) is 9.62. The molecule has 0 spiro atoms. The molecule has 0 atom stereocenters. The van der Waals surface area contributed by atoms with Gasteiger partial charge in [0.2, 0.25) is 5.91 Å². The Labute approximate surface area is 78.2 Å². The summed E-state index contributed by atoms with van der Waals surface area (Å²) in [5.74, 6) is 0.00957. The predicted molar refractivity (Wildman–Crippen MR) is 51.1 cm³/mol. The van der Waals surface area contributed by atoms with Crippen molar-refractivity contribution in [1.82, 2.24) is 10.6 Å². The van der Waals surface area contributed by atoms with Gasteiger partial charge >= 0.3 is 0 Å². The minimum atomic E-state index is 0.00957. The molecule has 1 radical (unpaired) electrons. The number of carbonyl (C=O) groups is 1. The van der Waals surface area contributed by atoms with Gasteiger partial charge in [-0.1, -0.05) is 24.3 Å². The molecule has 0 unspecified atom stereocenters. The summed E-state index contributed by atoms with van der Waals surface area (Å²) in [5.41, 5.74) is 1.09. The maximum absolute atomic E-state index is 11.0. The van der Waals surface area contributed by atoms with Crippen LogP contribution in [0.5, 0.6) is 0 Å². The zero-order chi connectivity index (χ0) is 9.52. The van der Waals surface area contributed by atoms with Crippen molar-refractivity contribution in [2.75, 3.05) is 13.6 Å². The molecular weight excluding hydrogens is 164 g/mol. The van der Waals surface area contributed by atoms with E-state index in [1.807, 2.05) is 24.3 Å². The average molecular weight is 177 g/mol. The van der Waals surface area contributed by atoms with Gasteiger partial charge in [-0.15, -0.1) is 0 Å². The summed E-state index contributed by atoms with van der Waals surface area (Å²) in [6.07, 6.45) is 0. The van der Waals surface area contributed by atoms with Gasteiger partial charge in [0.25, 0.3) is 0 Å². The molecule has 0 aliphatic rings. The van der Waals surface area contributed by atoms with Gasteiger partial charge in [-0.05, 0) is 18.7 Å². The number of carbonyl (C=O) groups excluding carboxylic acids is 1. The van der Waals surface area contributed by atoms with Crippen molar-refractivity contribution >= 4 is 5.91 Å². The van der Waals surface area contributed by atoms with Crippen LogP contribution in [0.25, 0.3) is 0 Å². The number of rotatable bonds is 4. The second kappa shape index (κ2) is 5.32. The molecule has 1 aromatic rings. The van der Waals surface area contributed by atoms with Crippen molar-refractivity contribution in [2.24, 2.45) is 0 Å². The Kier molecular flexibility index (Phi) is 3.99. The zero-order valence-electron chi connectivity index (χ0n) is 7.63. The minimum Gasteiger partial charge on any atom is -0.351 e. The molecule has 0 aromatic heterocycles. The van der Waals surface area contributed by atoms with E-state index in [1.165, 1.54) is 0 Å². The minimum absolute atomic E-state index is 0.00957. The van der Waals surface area contributed by atoms with E-state index >= 15 is 0 Å². The smallest absolute Gasteiger partial charge is 0.234 e. The molecule has 0 saturated heterocycles. The predicted octanol–water partition coefficient (Wildman–Crippen LogP) is 0.322. The monoisotopic (exact) mass is 177 g/mol. The number of nitrogens with one attached hydrogen (secondary N) is 2. The summed E-state index contributed by atoms with van der Waals surface area (Å²) in [6, 6.07) is 10.4. The molecule has 0 fully saturated rings. The molecule has 1 rings (SSSR count). The van der Waals surface area contributed by atoms with Gasteiger partial charge in [0.05, 0.1) is 6.54 Å². The fourth-order valence-corrected chi connectivity index (χ4v) is 0.963. The highest BCUT2D eigenvalue weighted by Gasteiger charge is 1.97. The largest absolute Gasteiger partial charge is 0.351 e. The summed E-state index contributed by atoms with van der Waals surface area (Å²) < 4.78 is 0. The highest BCUT2D eigenvalue weighted by molar-refractivity contribution is 5.77. The van der Waals surface area contributed by atoms with E-state index in [1.54, 1.807) is 7.05 Å². The third-order valence-electron chi connectivity index (χ3n) is 1.61. The van der Waals surface area contributed by atoms with Crippen molar-refractivity contribution < 1.29 is 4.79 Å². The molecule has 0 bridgehead atoms. The lowest BCUT2D eigenvalue weighted by atomic mass is 10.2. The van der Waals surface area contributed by atoms with Gasteiger partial charge in [0.1, 0.15) is 0 Å². The van der Waals surface area contributed by atoms with Crippen LogP contribution in [0.15, 0.2) is 24.3 Å². The van der Waals surface area contributed by atoms with Crippen LogP contribution in [0.1, 0.15) is 5.56 Å². The third-order valence-corrected chi connectivity index (χ3v) is 1.61. The van der Waals surface area contributed by atoms with Gasteiger partial charge in [-0.3, -0.25) is 4.79 Å². The van der Waals surface area contributed by atoms with Crippen molar-refractivity contribution in [3.8, 4) is 0 Å². The van der Waals surface area contributed by atoms with Crippen LogP contribution >= 0.6 is 0 Å². The second-order valence-electron chi connectivity index (χ2n) is 2.72. The number of likely N-dealkylation sites (N-methyl/N-ethyl adjacent to an activating group) is 1. The van der Waals surface area contributed by atoms with E-state index in [0.717, 1.165) is 5.56 Å². The molecule has 3 nitrogen and oxygen atoms in total. The van der Waals surface area contributed by atoms with E-state index in [9.17, 15) is 4.79 Å². The highest BCUT2D eigenvalue weighted by Crippen LogP contribution is 1.95. The van der Waals surface area contributed by atoms with Gasteiger partial charge in [0, 0.05) is 6.54 Å². The summed E-state index contributed by atoms with van der Waals surface area (Å²) in [5, 5.41) is 5.57. The molecule has 69 valence electrons. The van der Waals surface area contributed by atoms with Crippen LogP contribution in [-0.2, 0) is 11.3 Å². The first-order valence-electron chi connectivity index (χ1n) is 4.19. The molecule has 2 N–H and O–H groups in total. The SMILES string of the molecule is CNCC(=O)NCc1cc[c]cc1. The van der Waals surface area contributed by atoms with Crippen LogP contribution in [0.3, 0.4) is 0 Å². The van der Waals surface area contributed by atoms with Crippen LogP contribution < -0.4 is 10.6 Å². The van der Waals surface area contributed by atoms with Gasteiger partial charge < -0.3 is 10.6 Å². The Balaban J connectivity index is 2.31. The van der Waals surface area contributed by atoms with Gasteiger partial charge in [-0.2, -0.15) is 0 Å². The highest BCUT2D eigenvalue weighted by atomic mass is 16.1. The molecular formula is C10H13N2O. The first-order chi connectivity index (χ1) is 6.33. The number of hydrogen-bond donors (Lipinski definition) is 2. The summed E-state index contributed by atoms with van der Waals surface area (Å²) in [7, 11) is 1.75. The fourth-order valence-electron chi connectivity index (χ4n) is 0.963. The maximum Gasteiger partial charge on any atom is 0.234 e. The fraction of sp³-hybridized carbons (Fsp3) is 0.300. The third kappa shape index (κ3) is 3.71. The van der Waals surface area contributed by atoms with Crippen molar-refractivity contribution in [1.29, 1.82) is 0 Å².